The van der Waals surface area contributed by atoms with E-state index >= 15 is 0 Å². The number of ether oxygens (including phenoxy) is 1. The highest BCUT2D eigenvalue weighted by atomic mass is 35.5. The monoisotopic (exact) mass is 310 g/mol. The minimum atomic E-state index is 0.796. The number of hydrogen-bond donors (Lipinski definition) is 1. The highest BCUT2D eigenvalue weighted by molar-refractivity contribution is 6.31. The molecule has 0 spiro atoms. The van der Waals surface area contributed by atoms with Gasteiger partial charge in [0.25, 0.3) is 0 Å². The molecule has 1 fully saturated rings. The first kappa shape index (κ1) is 16.8. The van der Waals surface area contributed by atoms with E-state index in [0.717, 1.165) is 37.2 Å². The summed E-state index contributed by atoms with van der Waals surface area (Å²) in [5, 5.41) is 4.37. The van der Waals surface area contributed by atoms with Crippen LogP contribution in [0.4, 0.5) is 0 Å². The molecule has 0 unspecified atom stereocenters. The zero-order chi connectivity index (χ0) is 15.1. The minimum Gasteiger partial charge on any atom is -0.383 e. The molecule has 118 valence electrons. The third-order valence-electron chi connectivity index (χ3n) is 4.23. The second-order valence-electron chi connectivity index (χ2n) is 6.01. The predicted molar refractivity (Wildman–Crippen MR) is 88.9 cm³/mol. The van der Waals surface area contributed by atoms with Crippen molar-refractivity contribution in [1.82, 2.24) is 10.2 Å². The van der Waals surface area contributed by atoms with E-state index in [-0.39, 0.29) is 0 Å². The molecule has 1 aromatic rings. The van der Waals surface area contributed by atoms with Gasteiger partial charge in [-0.15, -0.1) is 0 Å². The van der Waals surface area contributed by atoms with E-state index in [9.17, 15) is 0 Å². The molecule has 0 radical (unpaired) electrons. The summed E-state index contributed by atoms with van der Waals surface area (Å²) in [6.45, 7) is 8.26. The summed E-state index contributed by atoms with van der Waals surface area (Å²) in [5.74, 6) is 0.798. The van der Waals surface area contributed by atoms with Crippen molar-refractivity contribution in [1.29, 1.82) is 0 Å². The van der Waals surface area contributed by atoms with Crippen LogP contribution >= 0.6 is 11.6 Å². The van der Waals surface area contributed by atoms with Crippen LogP contribution in [0.25, 0.3) is 0 Å². The quantitative estimate of drug-likeness (QED) is 0.783. The lowest BCUT2D eigenvalue weighted by molar-refractivity contribution is 0.168. The lowest BCUT2D eigenvalue weighted by Gasteiger charge is -2.32. The van der Waals surface area contributed by atoms with E-state index in [4.69, 9.17) is 16.3 Å². The average molecular weight is 311 g/mol. The molecule has 0 aliphatic carbocycles. The summed E-state index contributed by atoms with van der Waals surface area (Å²) in [5.41, 5.74) is 2.48. The van der Waals surface area contributed by atoms with Crippen LogP contribution in [-0.2, 0) is 11.3 Å². The van der Waals surface area contributed by atoms with Gasteiger partial charge >= 0.3 is 0 Å². The first-order valence-electron chi connectivity index (χ1n) is 7.86. The highest BCUT2D eigenvalue weighted by Gasteiger charge is 2.19. The Morgan fingerprint density at radius 1 is 1.33 bits per heavy atom. The van der Waals surface area contributed by atoms with Gasteiger partial charge in [-0.3, -0.25) is 4.90 Å². The van der Waals surface area contributed by atoms with Gasteiger partial charge in [0.1, 0.15) is 0 Å². The topological polar surface area (TPSA) is 24.5 Å². The smallest absolute Gasteiger partial charge is 0.0587 e. The number of nitrogens with one attached hydrogen (secondary N) is 1. The lowest BCUT2D eigenvalue weighted by Crippen LogP contribution is -2.37. The Morgan fingerprint density at radius 2 is 2.10 bits per heavy atom. The van der Waals surface area contributed by atoms with E-state index in [1.165, 1.54) is 37.1 Å². The van der Waals surface area contributed by atoms with Crippen LogP contribution in [0.3, 0.4) is 0 Å². The molecule has 0 atom stereocenters. The molecular weight excluding hydrogens is 284 g/mol. The van der Waals surface area contributed by atoms with Crippen LogP contribution in [0.2, 0.25) is 5.02 Å². The standard InChI is InChI=1S/C17H27ClN2O/c1-14-3-4-16(17(18)11-14)13-20-8-5-15(6-9-20)12-19-7-10-21-2/h3-4,11,15,19H,5-10,12-13H2,1-2H3. The molecule has 0 saturated carbocycles. The van der Waals surface area contributed by atoms with Crippen LogP contribution in [0.1, 0.15) is 24.0 Å². The zero-order valence-electron chi connectivity index (χ0n) is 13.2. The Kier molecular flexibility index (Phi) is 6.97. The number of benzene rings is 1. The number of halogens is 1. The predicted octanol–water partition coefficient (Wildman–Crippen LogP) is 3.10. The maximum Gasteiger partial charge on any atom is 0.0587 e. The first-order valence-corrected chi connectivity index (χ1v) is 8.24. The SMILES string of the molecule is COCCNCC1CCN(Cc2ccc(C)cc2Cl)CC1. The van der Waals surface area contributed by atoms with Gasteiger partial charge in [0.15, 0.2) is 0 Å². The van der Waals surface area contributed by atoms with Crippen LogP contribution < -0.4 is 5.32 Å². The molecule has 1 aliphatic rings. The number of aryl methyl sites for hydroxylation is 1. The molecule has 1 saturated heterocycles. The van der Waals surface area contributed by atoms with Gasteiger partial charge in [-0.1, -0.05) is 23.7 Å². The molecule has 3 nitrogen and oxygen atoms in total. The molecule has 0 amide bonds. The van der Waals surface area contributed by atoms with Crippen molar-refractivity contribution in [2.24, 2.45) is 5.92 Å². The Morgan fingerprint density at radius 3 is 2.76 bits per heavy atom. The highest BCUT2D eigenvalue weighted by Crippen LogP contribution is 2.23. The zero-order valence-corrected chi connectivity index (χ0v) is 14.0. The Hall–Kier alpha value is -0.610. The summed E-state index contributed by atoms with van der Waals surface area (Å²) in [4.78, 5) is 2.52. The number of nitrogens with zero attached hydrogens (tertiary/aromatic N) is 1. The second kappa shape index (κ2) is 8.74. The van der Waals surface area contributed by atoms with E-state index in [2.05, 4.69) is 35.3 Å². The van der Waals surface area contributed by atoms with Crippen molar-refractivity contribution in [2.45, 2.75) is 26.3 Å². The second-order valence-corrected chi connectivity index (χ2v) is 6.42. The molecule has 1 N–H and O–H groups in total. The Bertz CT molecular complexity index is 431. The molecule has 1 aliphatic heterocycles. The van der Waals surface area contributed by atoms with Gasteiger partial charge in [0, 0.05) is 25.2 Å². The van der Waals surface area contributed by atoms with Crippen molar-refractivity contribution in [3.63, 3.8) is 0 Å². The number of methoxy groups -OCH3 is 1. The fraction of sp³-hybridized carbons (Fsp3) is 0.647. The molecule has 1 aromatic carbocycles. The summed E-state index contributed by atoms with van der Waals surface area (Å²) in [6, 6.07) is 6.37. The van der Waals surface area contributed by atoms with Crippen molar-refractivity contribution in [3.05, 3.63) is 34.3 Å². The number of hydrogen-bond acceptors (Lipinski definition) is 3. The van der Waals surface area contributed by atoms with E-state index < -0.39 is 0 Å². The largest absolute Gasteiger partial charge is 0.383 e. The van der Waals surface area contributed by atoms with E-state index in [1.54, 1.807) is 7.11 Å². The molecular formula is C17H27ClN2O. The maximum atomic E-state index is 6.33. The van der Waals surface area contributed by atoms with Crippen LogP contribution in [0.5, 0.6) is 0 Å². The van der Waals surface area contributed by atoms with Crippen LogP contribution in [0, 0.1) is 12.8 Å². The molecule has 0 bridgehead atoms. The third-order valence-corrected chi connectivity index (χ3v) is 4.58. The summed E-state index contributed by atoms with van der Waals surface area (Å²) < 4.78 is 5.05. The molecule has 2 rings (SSSR count). The van der Waals surface area contributed by atoms with Gasteiger partial charge in [-0.25, -0.2) is 0 Å². The fourth-order valence-electron chi connectivity index (χ4n) is 2.85. The molecule has 1 heterocycles. The van der Waals surface area contributed by atoms with Gasteiger partial charge in [-0.2, -0.15) is 0 Å². The van der Waals surface area contributed by atoms with Gasteiger partial charge in [0.05, 0.1) is 6.61 Å². The summed E-state index contributed by atoms with van der Waals surface area (Å²) >= 11 is 6.33. The lowest BCUT2D eigenvalue weighted by atomic mass is 9.96. The minimum absolute atomic E-state index is 0.796. The van der Waals surface area contributed by atoms with Gasteiger partial charge in [-0.05, 0) is 62.5 Å². The first-order chi connectivity index (χ1) is 10.2. The number of rotatable bonds is 7. The average Bonchev–Trinajstić information content (AvgIpc) is 2.48. The molecule has 0 aromatic heterocycles. The normalized spacial score (nSPS) is 17.3. The Labute approximate surface area is 133 Å². The maximum absolute atomic E-state index is 6.33. The number of piperidine rings is 1. The third kappa shape index (κ3) is 5.59. The molecule has 21 heavy (non-hydrogen) atoms. The Balaban J connectivity index is 1.71. The van der Waals surface area contributed by atoms with Crippen molar-refractivity contribution in [3.8, 4) is 0 Å². The van der Waals surface area contributed by atoms with Crippen LogP contribution in [0.15, 0.2) is 18.2 Å². The van der Waals surface area contributed by atoms with Crippen molar-refractivity contribution < 1.29 is 4.74 Å². The van der Waals surface area contributed by atoms with E-state index in [0.29, 0.717) is 0 Å². The van der Waals surface area contributed by atoms with Crippen molar-refractivity contribution >= 4 is 11.6 Å². The van der Waals surface area contributed by atoms with Gasteiger partial charge < -0.3 is 10.1 Å². The summed E-state index contributed by atoms with van der Waals surface area (Å²) in [6.07, 6.45) is 2.53. The number of likely N-dealkylation sites (tertiary alicyclic amines) is 1. The van der Waals surface area contributed by atoms with Crippen LogP contribution in [-0.4, -0.2) is 44.8 Å². The fourth-order valence-corrected chi connectivity index (χ4v) is 3.15. The molecule has 4 heteroatoms. The van der Waals surface area contributed by atoms with Gasteiger partial charge in [0.2, 0.25) is 0 Å². The van der Waals surface area contributed by atoms with E-state index in [1.807, 2.05) is 0 Å². The van der Waals surface area contributed by atoms with Crippen molar-refractivity contribution in [2.75, 3.05) is 39.9 Å². The summed E-state index contributed by atoms with van der Waals surface area (Å²) in [7, 11) is 1.75.